The van der Waals surface area contributed by atoms with E-state index in [4.69, 9.17) is 9.05 Å². The molecule has 3 unspecified atom stereocenters. The quantitative estimate of drug-likeness (QED) is 0.0272. The molecule has 0 rings (SSSR count). The SMILES string of the molecule is CCCCCCCCCC/C=C\CCCCCCCCCCCCCCCC(=O)NC(COP(=O)([O-])OCC[N+](C)(C)C)C(O)/C=C/CC/C=C/CCCCCCCCCCCCCCCCCCCCCCCCCCCC. The Morgan fingerprint density at radius 2 is 0.709 bits per heavy atom. The second-order valence-electron chi connectivity index (χ2n) is 25.2. The van der Waals surface area contributed by atoms with Gasteiger partial charge in [-0.3, -0.25) is 9.36 Å². The smallest absolute Gasteiger partial charge is 0.268 e. The van der Waals surface area contributed by atoms with Crippen LogP contribution in [0.1, 0.15) is 354 Å². The molecule has 0 aliphatic rings. The van der Waals surface area contributed by atoms with E-state index in [1.165, 1.54) is 295 Å². The van der Waals surface area contributed by atoms with Crippen LogP contribution >= 0.6 is 7.82 Å². The Morgan fingerprint density at radius 1 is 0.430 bits per heavy atom. The minimum absolute atomic E-state index is 0.00507. The largest absolute Gasteiger partial charge is 0.756 e. The summed E-state index contributed by atoms with van der Waals surface area (Å²) in [5, 5.41) is 13.9. The van der Waals surface area contributed by atoms with Crippen LogP contribution in [0, 0.1) is 0 Å². The summed E-state index contributed by atoms with van der Waals surface area (Å²) in [6, 6.07) is -0.904. The Hall–Kier alpha value is -1.28. The number of amides is 1. The lowest BCUT2D eigenvalue weighted by Crippen LogP contribution is -2.45. The Bertz CT molecular complexity index is 1380. The molecule has 468 valence electrons. The molecule has 9 heteroatoms. The zero-order valence-electron chi connectivity index (χ0n) is 53.6. The molecule has 0 aromatic rings. The summed E-state index contributed by atoms with van der Waals surface area (Å²) in [5.74, 6) is -0.202. The average molecular weight is 1130 g/mol. The molecule has 0 aromatic heterocycles. The van der Waals surface area contributed by atoms with Gasteiger partial charge in [0.15, 0.2) is 0 Å². The lowest BCUT2D eigenvalue weighted by molar-refractivity contribution is -0.870. The summed E-state index contributed by atoms with van der Waals surface area (Å²) in [6.45, 7) is 4.68. The van der Waals surface area contributed by atoms with Crippen LogP contribution in [-0.2, 0) is 18.4 Å². The summed E-state index contributed by atoms with van der Waals surface area (Å²) >= 11 is 0. The first-order valence-electron chi connectivity index (χ1n) is 34.9. The van der Waals surface area contributed by atoms with Crippen molar-refractivity contribution in [3.63, 3.8) is 0 Å². The molecular weight excluding hydrogens is 996 g/mol. The van der Waals surface area contributed by atoms with E-state index in [1.54, 1.807) is 6.08 Å². The van der Waals surface area contributed by atoms with Crippen molar-refractivity contribution in [1.82, 2.24) is 5.32 Å². The summed E-state index contributed by atoms with van der Waals surface area (Å²) in [7, 11) is 1.26. The van der Waals surface area contributed by atoms with Crippen LogP contribution < -0.4 is 10.2 Å². The van der Waals surface area contributed by atoms with Crippen LogP contribution in [0.25, 0.3) is 0 Å². The van der Waals surface area contributed by atoms with Crippen molar-refractivity contribution in [2.75, 3.05) is 40.9 Å². The molecule has 0 aromatic carbocycles. The first-order valence-corrected chi connectivity index (χ1v) is 36.3. The number of carbonyl (C=O) groups is 1. The van der Waals surface area contributed by atoms with E-state index in [0.29, 0.717) is 17.4 Å². The Labute approximate surface area is 493 Å². The molecule has 0 fully saturated rings. The summed E-state index contributed by atoms with van der Waals surface area (Å²) in [5.41, 5.74) is 0. The van der Waals surface area contributed by atoms with Crippen LogP contribution in [0.3, 0.4) is 0 Å². The molecule has 3 atom stereocenters. The molecule has 0 saturated carbocycles. The van der Waals surface area contributed by atoms with E-state index in [9.17, 15) is 19.4 Å². The van der Waals surface area contributed by atoms with Gasteiger partial charge in [-0.2, -0.15) is 0 Å². The van der Waals surface area contributed by atoms with Gasteiger partial charge in [0.1, 0.15) is 13.2 Å². The van der Waals surface area contributed by atoms with E-state index in [2.05, 4.69) is 43.5 Å². The number of allylic oxidation sites excluding steroid dienone is 5. The minimum atomic E-state index is -4.61. The summed E-state index contributed by atoms with van der Waals surface area (Å²) < 4.78 is 23.4. The number of quaternary nitrogens is 1. The maximum Gasteiger partial charge on any atom is 0.268 e. The number of carbonyl (C=O) groups excluding carboxylic acids is 1. The second-order valence-corrected chi connectivity index (χ2v) is 26.6. The average Bonchev–Trinajstić information content (AvgIpc) is 3.42. The topological polar surface area (TPSA) is 108 Å². The fourth-order valence-electron chi connectivity index (χ4n) is 10.6. The van der Waals surface area contributed by atoms with Gasteiger partial charge in [-0.15, -0.1) is 0 Å². The highest BCUT2D eigenvalue weighted by atomic mass is 31.2. The molecule has 79 heavy (non-hydrogen) atoms. The number of aliphatic hydroxyl groups excluding tert-OH is 1. The van der Waals surface area contributed by atoms with Gasteiger partial charge in [-0.05, 0) is 57.8 Å². The highest BCUT2D eigenvalue weighted by Crippen LogP contribution is 2.38. The first kappa shape index (κ1) is 77.7. The van der Waals surface area contributed by atoms with E-state index >= 15 is 0 Å². The van der Waals surface area contributed by atoms with E-state index in [1.807, 2.05) is 27.2 Å². The highest BCUT2D eigenvalue weighted by Gasteiger charge is 2.23. The van der Waals surface area contributed by atoms with Crippen molar-refractivity contribution >= 4 is 13.7 Å². The monoisotopic (exact) mass is 1130 g/mol. The van der Waals surface area contributed by atoms with Crippen molar-refractivity contribution in [2.45, 2.75) is 366 Å². The van der Waals surface area contributed by atoms with Gasteiger partial charge >= 0.3 is 0 Å². The zero-order valence-corrected chi connectivity index (χ0v) is 54.5. The van der Waals surface area contributed by atoms with Crippen molar-refractivity contribution in [3.05, 3.63) is 36.5 Å². The Morgan fingerprint density at radius 3 is 1.03 bits per heavy atom. The van der Waals surface area contributed by atoms with Crippen molar-refractivity contribution < 1.29 is 32.9 Å². The van der Waals surface area contributed by atoms with Crippen molar-refractivity contribution in [2.24, 2.45) is 0 Å². The normalized spacial score (nSPS) is 13.9. The molecule has 0 aliphatic heterocycles. The number of likely N-dealkylation sites (N-methyl/N-ethyl adjacent to an activating group) is 1. The maximum absolute atomic E-state index is 13.0. The number of aliphatic hydroxyl groups is 1. The standard InChI is InChI=1S/C70H137N2O6P/c1-6-8-10-12-14-16-18-20-22-24-26-28-30-32-33-34-35-36-37-38-40-41-43-45-47-49-51-53-55-57-59-61-63-69(73)68(67-78-79(75,76)77-66-65-72(3,4)5)71-70(74)64-62-60-58-56-54-52-50-48-46-44-42-39-31-29-27-25-23-21-19-17-15-13-11-9-7-2/h25,27,53,55,61,63,68-69,73H,6-24,26,28-52,54,56-60,62,64-67H2,1-5H3,(H-,71,74,75,76)/b27-25-,55-53+,63-61+. The third kappa shape index (κ3) is 64.1. The van der Waals surface area contributed by atoms with Crippen LogP contribution in [0.15, 0.2) is 36.5 Å². The molecule has 0 heterocycles. The van der Waals surface area contributed by atoms with Crippen LogP contribution in [0.4, 0.5) is 0 Å². The van der Waals surface area contributed by atoms with Gasteiger partial charge in [0, 0.05) is 6.42 Å². The Balaban J connectivity index is 4.09. The molecule has 2 N–H and O–H groups in total. The van der Waals surface area contributed by atoms with Gasteiger partial charge in [-0.1, -0.05) is 326 Å². The number of unbranched alkanes of at least 4 members (excludes halogenated alkanes) is 48. The lowest BCUT2D eigenvalue weighted by Gasteiger charge is -2.29. The van der Waals surface area contributed by atoms with E-state index in [0.717, 1.165) is 38.5 Å². The molecule has 0 saturated heterocycles. The predicted octanol–water partition coefficient (Wildman–Crippen LogP) is 21.4. The summed E-state index contributed by atoms with van der Waals surface area (Å²) in [4.78, 5) is 25.6. The van der Waals surface area contributed by atoms with Gasteiger partial charge in [-0.25, -0.2) is 0 Å². The number of phosphoric ester groups is 1. The maximum atomic E-state index is 13.0. The van der Waals surface area contributed by atoms with Gasteiger partial charge in [0.05, 0.1) is 39.9 Å². The summed E-state index contributed by atoms with van der Waals surface area (Å²) in [6.07, 6.45) is 81.3. The molecule has 0 aliphatic carbocycles. The second kappa shape index (κ2) is 61.3. The van der Waals surface area contributed by atoms with E-state index in [-0.39, 0.29) is 19.1 Å². The minimum Gasteiger partial charge on any atom is -0.756 e. The molecule has 1 amide bonds. The lowest BCUT2D eigenvalue weighted by atomic mass is 10.0. The third-order valence-corrected chi connectivity index (χ3v) is 17.0. The first-order chi connectivity index (χ1) is 38.5. The molecule has 0 spiro atoms. The van der Waals surface area contributed by atoms with Gasteiger partial charge in [0.25, 0.3) is 7.82 Å². The third-order valence-electron chi connectivity index (χ3n) is 16.1. The van der Waals surface area contributed by atoms with Gasteiger partial charge < -0.3 is 28.8 Å². The van der Waals surface area contributed by atoms with Crippen molar-refractivity contribution in [3.8, 4) is 0 Å². The zero-order chi connectivity index (χ0) is 57.7. The van der Waals surface area contributed by atoms with E-state index < -0.39 is 20.0 Å². The van der Waals surface area contributed by atoms with Gasteiger partial charge in [0.2, 0.25) is 5.91 Å². The number of nitrogens with zero attached hydrogens (tertiary/aromatic N) is 1. The van der Waals surface area contributed by atoms with Crippen LogP contribution in [-0.4, -0.2) is 68.5 Å². The number of nitrogens with one attached hydrogen (secondary N) is 1. The molecule has 0 bridgehead atoms. The number of rotatable bonds is 65. The number of phosphoric acid groups is 1. The fourth-order valence-corrected chi connectivity index (χ4v) is 11.4. The molecule has 8 nitrogen and oxygen atoms in total. The molecular formula is C70H137N2O6P. The fraction of sp³-hybridized carbons (Fsp3) is 0.900. The van der Waals surface area contributed by atoms with Crippen LogP contribution in [0.2, 0.25) is 0 Å². The molecule has 0 radical (unpaired) electrons. The highest BCUT2D eigenvalue weighted by molar-refractivity contribution is 7.45. The van der Waals surface area contributed by atoms with Crippen LogP contribution in [0.5, 0.6) is 0 Å². The number of hydrogen-bond donors (Lipinski definition) is 2. The van der Waals surface area contributed by atoms with Crippen molar-refractivity contribution in [1.29, 1.82) is 0 Å². The predicted molar refractivity (Wildman–Crippen MR) is 344 cm³/mol. The Kier molecular flexibility index (Phi) is 60.3. The number of hydrogen-bond acceptors (Lipinski definition) is 6.